The standard InChI is InChI=1S/C29H21N3O4/c1-18-23(17-30)29(27(31-18)20-11-7-4-8-12-20)24(25(33)19-9-5-3-6-10-19)26(34)28(35)32(29)21-13-15-22(36-2)16-14-21/h3-16,33H,1-2H3/b25-24-. The van der Waals surface area contributed by atoms with Crippen LogP contribution >= 0.6 is 0 Å². The lowest BCUT2D eigenvalue weighted by atomic mass is 9.76. The summed E-state index contributed by atoms with van der Waals surface area (Å²) < 4.78 is 5.26. The number of carbonyl (C=O) groups excluding carboxylic acids is 2. The highest BCUT2D eigenvalue weighted by Crippen LogP contribution is 2.50. The maximum absolute atomic E-state index is 13.7. The minimum Gasteiger partial charge on any atom is -0.507 e. The molecule has 176 valence electrons. The van der Waals surface area contributed by atoms with E-state index in [-0.39, 0.29) is 16.9 Å². The average Bonchev–Trinajstić information content (AvgIpc) is 3.33. The average molecular weight is 476 g/mol. The molecule has 2 aliphatic rings. The van der Waals surface area contributed by atoms with E-state index < -0.39 is 17.2 Å². The molecular formula is C29H21N3O4. The SMILES string of the molecule is COc1ccc(N2C(=O)C(=O)/C(=C(/O)c3ccccc3)C23C(c2ccccc2)=NC(C)=C3C#N)cc1. The summed E-state index contributed by atoms with van der Waals surface area (Å²) in [6, 6.07) is 26.3. The number of Topliss-reactive ketones (excluding diaryl/α,β-unsaturated/α-hetero) is 1. The van der Waals surface area contributed by atoms with Crippen molar-refractivity contribution in [1.82, 2.24) is 0 Å². The quantitative estimate of drug-likeness (QED) is 0.337. The topological polar surface area (TPSA) is 103 Å². The maximum Gasteiger partial charge on any atom is 0.300 e. The van der Waals surface area contributed by atoms with Gasteiger partial charge in [0.15, 0.2) is 5.54 Å². The van der Waals surface area contributed by atoms with E-state index >= 15 is 0 Å². The molecule has 0 aliphatic carbocycles. The molecule has 7 nitrogen and oxygen atoms in total. The molecular weight excluding hydrogens is 454 g/mol. The van der Waals surface area contributed by atoms with Gasteiger partial charge in [-0.1, -0.05) is 60.7 Å². The normalized spacial score (nSPS) is 20.6. The molecule has 36 heavy (non-hydrogen) atoms. The van der Waals surface area contributed by atoms with Crippen LogP contribution in [0.2, 0.25) is 0 Å². The molecule has 0 radical (unpaired) electrons. The number of methoxy groups -OCH3 is 1. The molecule has 2 aliphatic heterocycles. The third-order valence-corrected chi connectivity index (χ3v) is 6.44. The number of carbonyl (C=O) groups is 2. The van der Waals surface area contributed by atoms with E-state index in [1.165, 1.54) is 12.0 Å². The first-order chi connectivity index (χ1) is 17.4. The fraction of sp³-hybridized carbons (Fsp3) is 0.103. The highest BCUT2D eigenvalue weighted by atomic mass is 16.5. The Kier molecular flexibility index (Phi) is 5.50. The lowest BCUT2D eigenvalue weighted by Gasteiger charge is -2.37. The molecule has 1 spiro atoms. The second-order valence-electron chi connectivity index (χ2n) is 8.37. The lowest BCUT2D eigenvalue weighted by Crippen LogP contribution is -2.53. The van der Waals surface area contributed by atoms with E-state index in [0.717, 1.165) is 0 Å². The predicted molar refractivity (Wildman–Crippen MR) is 136 cm³/mol. The van der Waals surface area contributed by atoms with Gasteiger partial charge in [-0.25, -0.2) is 0 Å². The molecule has 1 saturated heterocycles. The van der Waals surface area contributed by atoms with Crippen LogP contribution in [-0.2, 0) is 9.59 Å². The summed E-state index contributed by atoms with van der Waals surface area (Å²) in [5.41, 5.74) is 0.110. The van der Waals surface area contributed by atoms with Crippen molar-refractivity contribution in [3.63, 3.8) is 0 Å². The number of benzene rings is 3. The van der Waals surface area contributed by atoms with Gasteiger partial charge in [-0.05, 0) is 36.8 Å². The van der Waals surface area contributed by atoms with Gasteiger partial charge in [0.05, 0.1) is 35.7 Å². The summed E-state index contributed by atoms with van der Waals surface area (Å²) in [6.45, 7) is 1.66. The fourth-order valence-electron chi connectivity index (χ4n) is 4.88. The number of ether oxygens (including phenoxy) is 1. The van der Waals surface area contributed by atoms with Crippen molar-refractivity contribution in [3.05, 3.63) is 113 Å². The summed E-state index contributed by atoms with van der Waals surface area (Å²) in [7, 11) is 1.52. The molecule has 3 aromatic carbocycles. The maximum atomic E-state index is 13.7. The zero-order chi connectivity index (χ0) is 25.4. The van der Waals surface area contributed by atoms with Crippen LogP contribution in [0.25, 0.3) is 5.76 Å². The van der Waals surface area contributed by atoms with Gasteiger partial charge in [0.2, 0.25) is 0 Å². The van der Waals surface area contributed by atoms with Gasteiger partial charge in [-0.2, -0.15) is 5.26 Å². The Balaban J connectivity index is 1.91. The molecule has 1 unspecified atom stereocenters. The Hall–Kier alpha value is -4.96. The molecule has 1 amide bonds. The van der Waals surface area contributed by atoms with Gasteiger partial charge in [0.25, 0.3) is 5.78 Å². The van der Waals surface area contributed by atoms with Gasteiger partial charge < -0.3 is 9.84 Å². The van der Waals surface area contributed by atoms with E-state index in [9.17, 15) is 20.0 Å². The Morgan fingerprint density at radius 3 is 2.17 bits per heavy atom. The number of hydrogen-bond donors (Lipinski definition) is 1. The fourth-order valence-corrected chi connectivity index (χ4v) is 4.88. The Labute approximate surface area is 207 Å². The van der Waals surface area contributed by atoms with Crippen molar-refractivity contribution in [1.29, 1.82) is 5.26 Å². The summed E-state index contributed by atoms with van der Waals surface area (Å²) in [5.74, 6) is -1.60. The zero-order valence-corrected chi connectivity index (χ0v) is 19.6. The van der Waals surface area contributed by atoms with Crippen LogP contribution in [0.1, 0.15) is 18.1 Å². The van der Waals surface area contributed by atoms with E-state index in [4.69, 9.17) is 9.73 Å². The molecule has 0 aromatic heterocycles. The predicted octanol–water partition coefficient (Wildman–Crippen LogP) is 4.62. The number of aliphatic hydroxyl groups excluding tert-OH is 1. The van der Waals surface area contributed by atoms with Crippen molar-refractivity contribution < 1.29 is 19.4 Å². The van der Waals surface area contributed by atoms with Crippen LogP contribution in [0.4, 0.5) is 5.69 Å². The number of aliphatic hydroxyl groups is 1. The first kappa shape index (κ1) is 22.8. The van der Waals surface area contributed by atoms with Crippen LogP contribution in [0.5, 0.6) is 5.75 Å². The van der Waals surface area contributed by atoms with Crippen LogP contribution in [0.3, 0.4) is 0 Å². The Bertz CT molecular complexity index is 1510. The molecule has 1 fully saturated rings. The van der Waals surface area contributed by atoms with Gasteiger partial charge >= 0.3 is 5.91 Å². The molecule has 0 bridgehead atoms. The number of nitriles is 1. The highest BCUT2D eigenvalue weighted by molar-refractivity contribution is 6.56. The van der Waals surface area contributed by atoms with Crippen molar-refractivity contribution in [2.45, 2.75) is 12.5 Å². The molecule has 5 rings (SSSR count). The summed E-state index contributed by atoms with van der Waals surface area (Å²) in [5, 5.41) is 21.9. The van der Waals surface area contributed by atoms with Gasteiger partial charge in [-0.3, -0.25) is 19.5 Å². The van der Waals surface area contributed by atoms with Gasteiger partial charge in [0, 0.05) is 11.3 Å². The Morgan fingerprint density at radius 2 is 1.58 bits per heavy atom. The van der Waals surface area contributed by atoms with Crippen LogP contribution in [0.15, 0.2) is 107 Å². The second kappa shape index (κ2) is 8.67. The molecule has 1 N–H and O–H groups in total. The number of anilines is 1. The van der Waals surface area contributed by atoms with Crippen LogP contribution in [-0.4, -0.2) is 35.2 Å². The van der Waals surface area contributed by atoms with E-state index in [1.54, 1.807) is 73.7 Å². The number of ketones is 1. The van der Waals surface area contributed by atoms with Crippen molar-refractivity contribution in [2.24, 2.45) is 4.99 Å². The second-order valence-corrected chi connectivity index (χ2v) is 8.37. The number of aliphatic imine (C=N–C) groups is 1. The highest BCUT2D eigenvalue weighted by Gasteiger charge is 2.65. The third-order valence-electron chi connectivity index (χ3n) is 6.44. The van der Waals surface area contributed by atoms with Crippen LogP contribution < -0.4 is 9.64 Å². The summed E-state index contributed by atoms with van der Waals surface area (Å²) in [4.78, 5) is 33.4. The molecule has 3 aromatic rings. The number of hydrogen-bond acceptors (Lipinski definition) is 6. The third kappa shape index (κ3) is 3.16. The summed E-state index contributed by atoms with van der Waals surface area (Å²) in [6.07, 6.45) is 0. The number of amides is 1. The monoisotopic (exact) mass is 475 g/mol. The molecule has 2 heterocycles. The first-order valence-electron chi connectivity index (χ1n) is 11.2. The van der Waals surface area contributed by atoms with E-state index in [1.807, 2.05) is 18.2 Å². The van der Waals surface area contributed by atoms with Gasteiger partial charge in [-0.15, -0.1) is 0 Å². The molecule has 0 saturated carbocycles. The van der Waals surface area contributed by atoms with E-state index in [2.05, 4.69) is 6.07 Å². The summed E-state index contributed by atoms with van der Waals surface area (Å²) >= 11 is 0. The number of nitrogens with zero attached hydrogens (tertiary/aromatic N) is 3. The lowest BCUT2D eigenvalue weighted by molar-refractivity contribution is -0.132. The zero-order valence-electron chi connectivity index (χ0n) is 19.6. The minimum atomic E-state index is -1.76. The van der Waals surface area contributed by atoms with E-state index in [0.29, 0.717) is 34.0 Å². The van der Waals surface area contributed by atoms with Crippen molar-refractivity contribution in [2.75, 3.05) is 12.0 Å². The smallest absolute Gasteiger partial charge is 0.300 e. The van der Waals surface area contributed by atoms with Crippen molar-refractivity contribution >= 4 is 28.8 Å². The largest absolute Gasteiger partial charge is 0.507 e. The number of allylic oxidation sites excluding steroid dienone is 1. The minimum absolute atomic E-state index is 0.0915. The molecule has 7 heteroatoms. The molecule has 1 atom stereocenters. The first-order valence-corrected chi connectivity index (χ1v) is 11.2. The van der Waals surface area contributed by atoms with Gasteiger partial charge in [0.1, 0.15) is 11.5 Å². The van der Waals surface area contributed by atoms with Crippen LogP contribution in [0, 0.1) is 11.3 Å². The Morgan fingerprint density at radius 1 is 0.972 bits per heavy atom. The van der Waals surface area contributed by atoms with Crippen molar-refractivity contribution in [3.8, 4) is 11.8 Å². The number of rotatable bonds is 4.